The molecule has 2 fully saturated rings. The Morgan fingerprint density at radius 1 is 1.21 bits per heavy atom. The van der Waals surface area contributed by atoms with Gasteiger partial charge in [0.1, 0.15) is 0 Å². The molecule has 2 aliphatic rings. The van der Waals surface area contributed by atoms with Crippen molar-refractivity contribution in [2.75, 3.05) is 19.6 Å². The third-order valence-electron chi connectivity index (χ3n) is 3.45. The van der Waals surface area contributed by atoms with Crippen LogP contribution in [0.4, 0.5) is 0 Å². The minimum Gasteiger partial charge on any atom is -0.309 e. The van der Waals surface area contributed by atoms with Crippen molar-refractivity contribution in [1.82, 2.24) is 10.2 Å². The number of rotatable bonds is 1. The van der Waals surface area contributed by atoms with Gasteiger partial charge >= 0.3 is 0 Å². The second-order valence-electron chi connectivity index (χ2n) is 4.62. The summed E-state index contributed by atoms with van der Waals surface area (Å²) in [5.74, 6) is 0. The molecule has 0 aromatic heterocycles. The van der Waals surface area contributed by atoms with Crippen LogP contribution >= 0.6 is 0 Å². The summed E-state index contributed by atoms with van der Waals surface area (Å²) in [5.41, 5.74) is 0.530. The van der Waals surface area contributed by atoms with Crippen LogP contribution in [0.2, 0.25) is 0 Å². The predicted molar refractivity (Wildman–Crippen MR) is 62.6 cm³/mol. The lowest BCUT2D eigenvalue weighted by Gasteiger charge is -2.50. The first-order valence-corrected chi connectivity index (χ1v) is 6.21. The Bertz CT molecular complexity index is 162. The summed E-state index contributed by atoms with van der Waals surface area (Å²) < 4.78 is 0. The van der Waals surface area contributed by atoms with Crippen LogP contribution < -0.4 is 5.32 Å². The Balaban J connectivity index is 0.000000461. The third kappa shape index (κ3) is 2.48. The summed E-state index contributed by atoms with van der Waals surface area (Å²) in [6, 6.07) is 0.726. The molecular weight excluding hydrogens is 172 g/mol. The molecule has 0 bridgehead atoms. The Hall–Kier alpha value is -0.0800. The molecule has 1 spiro atoms. The lowest BCUT2D eigenvalue weighted by atomic mass is 9.75. The van der Waals surface area contributed by atoms with Gasteiger partial charge in [-0.1, -0.05) is 13.8 Å². The van der Waals surface area contributed by atoms with Crippen LogP contribution in [0.1, 0.15) is 47.0 Å². The smallest absolute Gasteiger partial charge is 0.0309 e. The molecule has 1 aliphatic carbocycles. The summed E-state index contributed by atoms with van der Waals surface area (Å²) in [5, 5.41) is 3.68. The van der Waals surface area contributed by atoms with Crippen LogP contribution in [0.25, 0.3) is 0 Å². The highest BCUT2D eigenvalue weighted by molar-refractivity contribution is 5.01. The predicted octanol–water partition coefficient (Wildman–Crippen LogP) is 2.25. The Morgan fingerprint density at radius 2 is 1.86 bits per heavy atom. The van der Waals surface area contributed by atoms with E-state index in [4.69, 9.17) is 0 Å². The minimum absolute atomic E-state index is 0.530. The van der Waals surface area contributed by atoms with Gasteiger partial charge in [-0.3, -0.25) is 4.90 Å². The number of nitrogens with zero attached hydrogens (tertiary/aromatic N) is 1. The molecule has 1 heterocycles. The van der Waals surface area contributed by atoms with Gasteiger partial charge in [0.2, 0.25) is 0 Å². The van der Waals surface area contributed by atoms with Gasteiger partial charge in [-0.25, -0.2) is 0 Å². The van der Waals surface area contributed by atoms with E-state index in [1.165, 1.54) is 38.9 Å². The van der Waals surface area contributed by atoms with E-state index in [2.05, 4.69) is 24.1 Å². The maximum Gasteiger partial charge on any atom is 0.0309 e. The van der Waals surface area contributed by atoms with E-state index < -0.39 is 0 Å². The highest BCUT2D eigenvalue weighted by atomic mass is 15.2. The van der Waals surface area contributed by atoms with Crippen LogP contribution in [0.5, 0.6) is 0 Å². The van der Waals surface area contributed by atoms with Crippen molar-refractivity contribution in [3.8, 4) is 0 Å². The van der Waals surface area contributed by atoms with Crippen molar-refractivity contribution in [2.45, 2.75) is 58.5 Å². The lowest BCUT2D eigenvalue weighted by Crippen LogP contribution is -2.64. The molecule has 1 aliphatic heterocycles. The maximum absolute atomic E-state index is 3.68. The lowest BCUT2D eigenvalue weighted by molar-refractivity contribution is 0.0535. The van der Waals surface area contributed by atoms with Crippen molar-refractivity contribution in [1.29, 1.82) is 0 Å². The molecule has 1 saturated heterocycles. The first-order valence-electron chi connectivity index (χ1n) is 6.21. The van der Waals surface area contributed by atoms with E-state index in [9.17, 15) is 0 Å². The zero-order valence-electron chi connectivity index (χ0n) is 10.3. The molecule has 84 valence electrons. The summed E-state index contributed by atoms with van der Waals surface area (Å²) in [6.07, 6.45) is 4.23. The molecule has 0 amide bonds. The van der Waals surface area contributed by atoms with Crippen molar-refractivity contribution in [2.24, 2.45) is 0 Å². The fourth-order valence-electron chi connectivity index (χ4n) is 2.37. The first kappa shape index (κ1) is 12.0. The standard InChI is InChI=1S/C10H20N2.C2H6/c1-9(2)12-7-6-11-10(8-12)4-3-5-10;1-2/h9,11H,3-8H2,1-2H3;1-2H3. The van der Waals surface area contributed by atoms with Crippen LogP contribution in [-0.4, -0.2) is 36.1 Å². The molecule has 1 N–H and O–H groups in total. The molecule has 0 radical (unpaired) electrons. The molecule has 0 aromatic carbocycles. The second kappa shape index (κ2) is 5.13. The van der Waals surface area contributed by atoms with Crippen LogP contribution in [0.3, 0.4) is 0 Å². The molecule has 0 unspecified atom stereocenters. The van der Waals surface area contributed by atoms with Gasteiger partial charge in [-0.05, 0) is 33.1 Å². The molecular formula is C12H26N2. The normalized spacial score (nSPS) is 25.5. The Morgan fingerprint density at radius 3 is 2.29 bits per heavy atom. The van der Waals surface area contributed by atoms with Crippen molar-refractivity contribution < 1.29 is 0 Å². The fourth-order valence-corrected chi connectivity index (χ4v) is 2.37. The molecule has 2 nitrogen and oxygen atoms in total. The monoisotopic (exact) mass is 198 g/mol. The number of hydrogen-bond donors (Lipinski definition) is 1. The van der Waals surface area contributed by atoms with Gasteiger partial charge in [0.05, 0.1) is 0 Å². The molecule has 0 aromatic rings. The van der Waals surface area contributed by atoms with E-state index in [1.54, 1.807) is 0 Å². The van der Waals surface area contributed by atoms with Gasteiger partial charge in [0, 0.05) is 31.2 Å². The van der Waals surface area contributed by atoms with Crippen LogP contribution in [0.15, 0.2) is 0 Å². The summed E-state index contributed by atoms with van der Waals surface area (Å²) in [4.78, 5) is 2.61. The van der Waals surface area contributed by atoms with E-state index in [-0.39, 0.29) is 0 Å². The van der Waals surface area contributed by atoms with E-state index in [0.29, 0.717) is 5.54 Å². The highest BCUT2D eigenvalue weighted by Crippen LogP contribution is 2.34. The van der Waals surface area contributed by atoms with Gasteiger partial charge in [-0.15, -0.1) is 0 Å². The van der Waals surface area contributed by atoms with Gasteiger partial charge < -0.3 is 5.32 Å². The second-order valence-corrected chi connectivity index (χ2v) is 4.62. The Labute approximate surface area is 89.1 Å². The molecule has 2 heteroatoms. The number of hydrogen-bond acceptors (Lipinski definition) is 2. The van der Waals surface area contributed by atoms with Crippen molar-refractivity contribution in [3.05, 3.63) is 0 Å². The van der Waals surface area contributed by atoms with E-state index in [0.717, 1.165) is 6.04 Å². The van der Waals surface area contributed by atoms with E-state index >= 15 is 0 Å². The topological polar surface area (TPSA) is 15.3 Å². The zero-order chi connectivity index (χ0) is 10.6. The molecule has 0 atom stereocenters. The Kier molecular flexibility index (Phi) is 4.39. The van der Waals surface area contributed by atoms with Gasteiger partial charge in [0.25, 0.3) is 0 Å². The summed E-state index contributed by atoms with van der Waals surface area (Å²) in [6.45, 7) is 12.3. The fraction of sp³-hybridized carbons (Fsp3) is 1.00. The largest absolute Gasteiger partial charge is 0.309 e. The molecule has 2 rings (SSSR count). The van der Waals surface area contributed by atoms with Crippen molar-refractivity contribution in [3.63, 3.8) is 0 Å². The summed E-state index contributed by atoms with van der Waals surface area (Å²) in [7, 11) is 0. The molecule has 1 saturated carbocycles. The number of nitrogens with one attached hydrogen (secondary N) is 1. The third-order valence-corrected chi connectivity index (χ3v) is 3.45. The minimum atomic E-state index is 0.530. The zero-order valence-corrected chi connectivity index (χ0v) is 10.3. The van der Waals surface area contributed by atoms with Gasteiger partial charge in [0.15, 0.2) is 0 Å². The summed E-state index contributed by atoms with van der Waals surface area (Å²) >= 11 is 0. The SMILES string of the molecule is CC.CC(C)N1CCNC2(CCC2)C1. The first-order chi connectivity index (χ1) is 6.72. The maximum atomic E-state index is 3.68. The number of piperazine rings is 1. The average molecular weight is 198 g/mol. The van der Waals surface area contributed by atoms with Crippen LogP contribution in [-0.2, 0) is 0 Å². The van der Waals surface area contributed by atoms with Gasteiger partial charge in [-0.2, -0.15) is 0 Å². The van der Waals surface area contributed by atoms with Crippen molar-refractivity contribution >= 4 is 0 Å². The quantitative estimate of drug-likeness (QED) is 0.695. The van der Waals surface area contributed by atoms with Crippen LogP contribution in [0, 0.1) is 0 Å². The van der Waals surface area contributed by atoms with E-state index in [1.807, 2.05) is 13.8 Å². The average Bonchev–Trinajstić information content (AvgIpc) is 2.19. The highest BCUT2D eigenvalue weighted by Gasteiger charge is 2.40. The molecule has 14 heavy (non-hydrogen) atoms.